The van der Waals surface area contributed by atoms with E-state index in [1.54, 1.807) is 0 Å². The summed E-state index contributed by atoms with van der Waals surface area (Å²) in [5.41, 5.74) is 0. The number of hydrogen-bond donors (Lipinski definition) is 0. The highest BCUT2D eigenvalue weighted by Crippen LogP contribution is 2.03. The second-order valence-electron chi connectivity index (χ2n) is 5.94. The van der Waals surface area contributed by atoms with Crippen molar-refractivity contribution < 1.29 is 19.1 Å². The zero-order chi connectivity index (χ0) is 19.2. The third-order valence-corrected chi connectivity index (χ3v) is 3.20. The molecule has 0 aromatic heterocycles. The molecule has 1 unspecified atom stereocenters. The lowest BCUT2D eigenvalue weighted by Gasteiger charge is -2.06. The quantitative estimate of drug-likeness (QED) is 0.356. The first-order valence-corrected chi connectivity index (χ1v) is 9.65. The van der Waals surface area contributed by atoms with Gasteiger partial charge in [0.15, 0.2) is 0 Å². The summed E-state index contributed by atoms with van der Waals surface area (Å²) >= 11 is 0. The van der Waals surface area contributed by atoms with Gasteiger partial charge in [0.1, 0.15) is 0 Å². The summed E-state index contributed by atoms with van der Waals surface area (Å²) in [6.45, 7) is 13.9. The van der Waals surface area contributed by atoms with Gasteiger partial charge in [-0.3, -0.25) is 9.59 Å². The maximum atomic E-state index is 10.2. The summed E-state index contributed by atoms with van der Waals surface area (Å²) in [6, 6.07) is 0. The van der Waals surface area contributed by atoms with Gasteiger partial charge in [0.05, 0.1) is 12.7 Å². The fourth-order valence-electron chi connectivity index (χ4n) is 1.58. The third-order valence-electron chi connectivity index (χ3n) is 3.20. The van der Waals surface area contributed by atoms with Crippen molar-refractivity contribution in [3.05, 3.63) is 0 Å². The van der Waals surface area contributed by atoms with Gasteiger partial charge in [-0.05, 0) is 19.8 Å². The Hall–Kier alpha value is -1.06. The number of rotatable bonds is 10. The van der Waals surface area contributed by atoms with E-state index in [-0.39, 0.29) is 18.0 Å². The van der Waals surface area contributed by atoms with Gasteiger partial charge in [-0.25, -0.2) is 0 Å². The first-order valence-electron chi connectivity index (χ1n) is 9.65. The molecule has 1 atom stereocenters. The average molecular weight is 347 g/mol. The topological polar surface area (TPSA) is 52.6 Å². The molecule has 4 nitrogen and oxygen atoms in total. The van der Waals surface area contributed by atoms with Gasteiger partial charge < -0.3 is 9.47 Å². The minimum absolute atomic E-state index is 0.0764. The molecule has 0 fully saturated rings. The van der Waals surface area contributed by atoms with Crippen LogP contribution in [0.25, 0.3) is 0 Å². The van der Waals surface area contributed by atoms with Crippen LogP contribution in [0.15, 0.2) is 0 Å². The van der Waals surface area contributed by atoms with Crippen molar-refractivity contribution in [2.75, 3.05) is 6.61 Å². The summed E-state index contributed by atoms with van der Waals surface area (Å²) < 4.78 is 9.40. The maximum absolute atomic E-state index is 10.2. The Labute approximate surface area is 150 Å². The van der Waals surface area contributed by atoms with Crippen LogP contribution in [-0.2, 0) is 19.1 Å². The number of carbonyl (C=O) groups is 2. The molecule has 0 aromatic rings. The van der Waals surface area contributed by atoms with Gasteiger partial charge >= 0.3 is 11.9 Å². The number of ether oxygens (including phenoxy) is 2. The van der Waals surface area contributed by atoms with Crippen LogP contribution in [0.3, 0.4) is 0 Å². The minimum atomic E-state index is -0.195. The van der Waals surface area contributed by atoms with Crippen LogP contribution in [0.5, 0.6) is 0 Å². The Kier molecular flexibility index (Phi) is 28.0. The van der Waals surface area contributed by atoms with Gasteiger partial charge in [-0.15, -0.1) is 0 Å². The van der Waals surface area contributed by atoms with Crippen molar-refractivity contribution in [3.8, 4) is 0 Å². The molecule has 0 amide bonds. The second kappa shape index (κ2) is 24.2. The molecule has 0 aliphatic heterocycles. The van der Waals surface area contributed by atoms with E-state index in [9.17, 15) is 9.59 Å². The Balaban J connectivity index is -0.000000276. The lowest BCUT2D eigenvalue weighted by Crippen LogP contribution is -2.09. The molecule has 4 heteroatoms. The van der Waals surface area contributed by atoms with Gasteiger partial charge in [0, 0.05) is 13.8 Å². The van der Waals surface area contributed by atoms with E-state index in [2.05, 4.69) is 25.5 Å². The van der Waals surface area contributed by atoms with E-state index in [0.29, 0.717) is 6.61 Å². The van der Waals surface area contributed by atoms with Gasteiger partial charge in [0.2, 0.25) is 0 Å². The first-order chi connectivity index (χ1) is 11.3. The average Bonchev–Trinajstić information content (AvgIpc) is 2.52. The van der Waals surface area contributed by atoms with Gasteiger partial charge in [-0.2, -0.15) is 0 Å². The molecular formula is C20H42O4. The first kappa shape index (κ1) is 27.8. The van der Waals surface area contributed by atoms with Gasteiger partial charge in [-0.1, -0.05) is 72.6 Å². The summed E-state index contributed by atoms with van der Waals surface area (Å²) in [4.78, 5) is 20.3. The Morgan fingerprint density at radius 3 is 1.46 bits per heavy atom. The molecule has 24 heavy (non-hydrogen) atoms. The molecule has 0 radical (unpaired) electrons. The van der Waals surface area contributed by atoms with Crippen molar-refractivity contribution in [2.24, 2.45) is 0 Å². The van der Waals surface area contributed by atoms with Crippen molar-refractivity contribution in [3.63, 3.8) is 0 Å². The lowest BCUT2D eigenvalue weighted by molar-refractivity contribution is -0.145. The largest absolute Gasteiger partial charge is 0.466 e. The molecule has 0 aromatic carbocycles. The van der Waals surface area contributed by atoms with Crippen LogP contribution in [-0.4, -0.2) is 24.6 Å². The molecule has 0 aliphatic carbocycles. The normalized spacial score (nSPS) is 10.5. The van der Waals surface area contributed by atoms with Crippen LogP contribution in [0.4, 0.5) is 0 Å². The second-order valence-corrected chi connectivity index (χ2v) is 5.94. The molecule has 0 spiro atoms. The van der Waals surface area contributed by atoms with Crippen LogP contribution in [0, 0.1) is 0 Å². The number of carbonyl (C=O) groups excluding carboxylic acids is 2. The Morgan fingerprint density at radius 2 is 1.21 bits per heavy atom. The molecule has 0 aliphatic rings. The lowest BCUT2D eigenvalue weighted by atomic mass is 10.1. The molecule has 0 heterocycles. The van der Waals surface area contributed by atoms with E-state index in [1.165, 1.54) is 52.4 Å². The fraction of sp³-hybridized carbons (Fsp3) is 0.900. The third kappa shape index (κ3) is 37.3. The Morgan fingerprint density at radius 1 is 0.750 bits per heavy atom. The van der Waals surface area contributed by atoms with Crippen LogP contribution >= 0.6 is 0 Å². The molecule has 0 N–H and O–H groups in total. The highest BCUT2D eigenvalue weighted by molar-refractivity contribution is 5.66. The van der Waals surface area contributed by atoms with E-state index in [1.807, 2.05) is 13.8 Å². The van der Waals surface area contributed by atoms with Crippen LogP contribution < -0.4 is 0 Å². The molecule has 0 saturated heterocycles. The monoisotopic (exact) mass is 346 g/mol. The van der Waals surface area contributed by atoms with Crippen molar-refractivity contribution in [2.45, 2.75) is 112 Å². The summed E-state index contributed by atoms with van der Waals surface area (Å²) in [6.07, 6.45) is 11.5. The number of esters is 2. The van der Waals surface area contributed by atoms with Gasteiger partial charge in [0.25, 0.3) is 0 Å². The SMILES string of the molecule is CCC(C)OC(C)=O.CCCCCCCC.CCCCOC(C)=O. The zero-order valence-corrected chi connectivity index (χ0v) is 17.3. The molecule has 0 bridgehead atoms. The fourth-order valence-corrected chi connectivity index (χ4v) is 1.58. The predicted octanol–water partition coefficient (Wildman–Crippen LogP) is 6.06. The number of unbranched alkanes of at least 4 members (excludes halogenated alkanes) is 6. The van der Waals surface area contributed by atoms with E-state index >= 15 is 0 Å². The molecule has 0 rings (SSSR count). The van der Waals surface area contributed by atoms with E-state index < -0.39 is 0 Å². The van der Waals surface area contributed by atoms with E-state index in [0.717, 1.165) is 19.3 Å². The number of hydrogen-bond acceptors (Lipinski definition) is 4. The van der Waals surface area contributed by atoms with Crippen LogP contribution in [0.2, 0.25) is 0 Å². The highest BCUT2D eigenvalue weighted by Gasteiger charge is 1.99. The molecule has 146 valence electrons. The summed E-state index contributed by atoms with van der Waals surface area (Å²) in [5, 5.41) is 0. The smallest absolute Gasteiger partial charge is 0.302 e. The zero-order valence-electron chi connectivity index (χ0n) is 17.3. The van der Waals surface area contributed by atoms with Crippen molar-refractivity contribution in [1.82, 2.24) is 0 Å². The van der Waals surface area contributed by atoms with Crippen molar-refractivity contribution in [1.29, 1.82) is 0 Å². The summed E-state index contributed by atoms with van der Waals surface area (Å²) in [7, 11) is 0. The molecular weight excluding hydrogens is 304 g/mol. The van der Waals surface area contributed by atoms with Crippen LogP contribution in [0.1, 0.15) is 106 Å². The van der Waals surface area contributed by atoms with Crippen molar-refractivity contribution >= 4 is 11.9 Å². The predicted molar refractivity (Wildman–Crippen MR) is 102 cm³/mol. The maximum Gasteiger partial charge on any atom is 0.302 e. The Bertz CT molecular complexity index is 258. The van der Waals surface area contributed by atoms with E-state index in [4.69, 9.17) is 4.74 Å². The standard InChI is InChI=1S/C8H18.2C6H12O2/c1-3-5-7-8-6-4-2;1-4-5(2)8-6(3)7;1-3-4-5-8-6(2)7/h3-8H2,1-2H3;5H,4H2,1-3H3;3-5H2,1-2H3. The summed E-state index contributed by atoms with van der Waals surface area (Å²) in [5.74, 6) is -0.377. The highest BCUT2D eigenvalue weighted by atomic mass is 16.5. The minimum Gasteiger partial charge on any atom is -0.466 e. The molecule has 0 saturated carbocycles.